The Bertz CT molecular complexity index is 1660. The number of thiophene rings is 1. The molecule has 0 fully saturated rings. The summed E-state index contributed by atoms with van der Waals surface area (Å²) in [6.45, 7) is 2.83. The third-order valence-corrected chi connectivity index (χ3v) is 7.71. The van der Waals surface area contributed by atoms with Gasteiger partial charge in [-0.3, -0.25) is 9.59 Å². The number of hydrogen-bond donors (Lipinski definition) is 2. The molecule has 2 N–H and O–H groups in total. The Morgan fingerprint density at radius 1 is 0.930 bits per heavy atom. The lowest BCUT2D eigenvalue weighted by molar-refractivity contribution is -0.136. The lowest BCUT2D eigenvalue weighted by Crippen LogP contribution is -2.23. The van der Waals surface area contributed by atoms with E-state index in [0.29, 0.717) is 48.3 Å². The van der Waals surface area contributed by atoms with Crippen molar-refractivity contribution in [3.05, 3.63) is 123 Å². The van der Waals surface area contributed by atoms with Crippen molar-refractivity contribution < 1.29 is 28.6 Å². The van der Waals surface area contributed by atoms with Crippen molar-refractivity contribution in [3.8, 4) is 23.0 Å². The van der Waals surface area contributed by atoms with Crippen LogP contribution in [0.5, 0.6) is 11.5 Å². The average Bonchev–Trinajstić information content (AvgIpc) is 3.65. The van der Waals surface area contributed by atoms with Crippen molar-refractivity contribution in [2.75, 3.05) is 6.61 Å². The third kappa shape index (κ3) is 8.11. The smallest absolute Gasteiger partial charge is 0.303 e. The molecule has 5 rings (SSSR count). The molecule has 8 nitrogen and oxygen atoms in total. The Morgan fingerprint density at radius 2 is 1.70 bits per heavy atom. The summed E-state index contributed by atoms with van der Waals surface area (Å²) in [6, 6.07) is 26.8. The fourth-order valence-corrected chi connectivity index (χ4v) is 5.29. The summed E-state index contributed by atoms with van der Waals surface area (Å²) >= 11 is 1.31. The van der Waals surface area contributed by atoms with Crippen LogP contribution in [-0.2, 0) is 30.8 Å². The van der Waals surface area contributed by atoms with Crippen LogP contribution < -0.4 is 14.8 Å². The molecule has 0 aliphatic carbocycles. The highest BCUT2D eigenvalue weighted by Crippen LogP contribution is 2.27. The Labute approximate surface area is 253 Å². The number of oxazole rings is 1. The minimum atomic E-state index is -0.882. The Kier molecular flexibility index (Phi) is 9.86. The van der Waals surface area contributed by atoms with Gasteiger partial charge in [0.15, 0.2) is 0 Å². The van der Waals surface area contributed by atoms with Crippen LogP contribution in [-0.4, -0.2) is 28.6 Å². The topological polar surface area (TPSA) is 111 Å². The van der Waals surface area contributed by atoms with E-state index in [2.05, 4.69) is 10.3 Å². The second-order valence-electron chi connectivity index (χ2n) is 9.88. The van der Waals surface area contributed by atoms with Crippen molar-refractivity contribution in [2.45, 2.75) is 39.3 Å². The van der Waals surface area contributed by atoms with Crippen molar-refractivity contribution >= 4 is 23.2 Å². The molecular weight excluding hydrogens is 564 g/mol. The normalized spacial score (nSPS) is 10.8. The van der Waals surface area contributed by atoms with Crippen LogP contribution >= 0.6 is 11.3 Å². The van der Waals surface area contributed by atoms with E-state index < -0.39 is 5.97 Å². The van der Waals surface area contributed by atoms with Gasteiger partial charge in [0.2, 0.25) is 5.89 Å². The van der Waals surface area contributed by atoms with Gasteiger partial charge in [0.05, 0.1) is 12.3 Å². The number of benzene rings is 3. The van der Waals surface area contributed by atoms with Crippen LogP contribution in [0.25, 0.3) is 11.5 Å². The van der Waals surface area contributed by atoms with Crippen molar-refractivity contribution in [2.24, 2.45) is 0 Å². The molecule has 0 atom stereocenters. The summed E-state index contributed by atoms with van der Waals surface area (Å²) in [6.07, 6.45) is 0.878. The van der Waals surface area contributed by atoms with Gasteiger partial charge in [0.1, 0.15) is 28.7 Å². The van der Waals surface area contributed by atoms with E-state index in [9.17, 15) is 14.7 Å². The number of carboxylic acid groups (broad SMARTS) is 1. The molecular formula is C34H32N2O6S. The lowest BCUT2D eigenvalue weighted by atomic mass is 10.0. The number of rotatable bonds is 14. The zero-order valence-corrected chi connectivity index (χ0v) is 24.6. The molecule has 2 aromatic heterocycles. The SMILES string of the molecule is Cc1oc(-c2ccccc2)nc1CCOc1ccc(CCC(=O)O)c(CNC(=O)c2sccc2OCc2ccccc2)c1. The van der Waals surface area contributed by atoms with Crippen LogP contribution in [0.3, 0.4) is 0 Å². The first-order chi connectivity index (χ1) is 21.0. The maximum absolute atomic E-state index is 13.1. The lowest BCUT2D eigenvalue weighted by Gasteiger charge is -2.14. The molecule has 5 aromatic rings. The second kappa shape index (κ2) is 14.3. The van der Waals surface area contributed by atoms with Gasteiger partial charge >= 0.3 is 5.97 Å². The summed E-state index contributed by atoms with van der Waals surface area (Å²) in [5.74, 6) is 1.32. The van der Waals surface area contributed by atoms with Crippen molar-refractivity contribution in [1.82, 2.24) is 10.3 Å². The summed E-state index contributed by atoms with van der Waals surface area (Å²) in [5.41, 5.74) is 4.38. The molecule has 0 saturated carbocycles. The maximum Gasteiger partial charge on any atom is 0.303 e. The van der Waals surface area contributed by atoms with E-state index >= 15 is 0 Å². The number of aromatic nitrogens is 1. The summed E-state index contributed by atoms with van der Waals surface area (Å²) < 4.78 is 17.8. The molecule has 0 radical (unpaired) electrons. The molecule has 43 heavy (non-hydrogen) atoms. The van der Waals surface area contributed by atoms with Crippen molar-refractivity contribution in [1.29, 1.82) is 0 Å². The largest absolute Gasteiger partial charge is 0.493 e. The quantitative estimate of drug-likeness (QED) is 0.144. The predicted octanol–water partition coefficient (Wildman–Crippen LogP) is 6.86. The van der Waals surface area contributed by atoms with Gasteiger partial charge in [-0.15, -0.1) is 11.3 Å². The van der Waals surface area contributed by atoms with Crippen LogP contribution in [0.1, 0.15) is 44.2 Å². The number of carbonyl (C=O) groups is 2. The molecule has 9 heteroatoms. The molecule has 0 aliphatic heterocycles. The number of nitrogens with one attached hydrogen (secondary N) is 1. The van der Waals surface area contributed by atoms with E-state index in [-0.39, 0.29) is 18.9 Å². The third-order valence-electron chi connectivity index (χ3n) is 6.82. The van der Waals surface area contributed by atoms with Crippen LogP contribution in [0.15, 0.2) is 94.7 Å². The number of ether oxygens (including phenoxy) is 2. The molecule has 0 bridgehead atoms. The minimum absolute atomic E-state index is 0.0151. The highest BCUT2D eigenvalue weighted by Gasteiger charge is 2.16. The molecule has 3 aromatic carbocycles. The zero-order valence-electron chi connectivity index (χ0n) is 23.7. The van der Waals surface area contributed by atoms with Gasteiger partial charge in [-0.05, 0) is 65.7 Å². The van der Waals surface area contributed by atoms with E-state index in [1.807, 2.05) is 91.2 Å². The van der Waals surface area contributed by atoms with Crippen LogP contribution in [0.2, 0.25) is 0 Å². The first-order valence-corrected chi connectivity index (χ1v) is 14.8. The van der Waals surface area contributed by atoms with Gasteiger partial charge < -0.3 is 24.3 Å². The number of carbonyl (C=O) groups excluding carboxylic acids is 1. The first-order valence-electron chi connectivity index (χ1n) is 14.0. The number of nitrogens with zero attached hydrogens (tertiary/aromatic N) is 1. The number of aliphatic carboxylic acids is 1. The van der Waals surface area contributed by atoms with E-state index in [4.69, 9.17) is 13.9 Å². The van der Waals surface area contributed by atoms with E-state index in [1.54, 1.807) is 6.07 Å². The zero-order chi connectivity index (χ0) is 30.0. The summed E-state index contributed by atoms with van der Waals surface area (Å²) in [7, 11) is 0. The Morgan fingerprint density at radius 3 is 2.47 bits per heavy atom. The molecule has 2 heterocycles. The molecule has 0 spiro atoms. The highest BCUT2D eigenvalue weighted by atomic mass is 32.1. The molecule has 1 amide bonds. The van der Waals surface area contributed by atoms with Gasteiger partial charge in [-0.25, -0.2) is 4.98 Å². The molecule has 220 valence electrons. The van der Waals surface area contributed by atoms with Gasteiger partial charge in [0, 0.05) is 24.9 Å². The van der Waals surface area contributed by atoms with Gasteiger partial charge in [0.25, 0.3) is 5.91 Å². The summed E-state index contributed by atoms with van der Waals surface area (Å²) in [4.78, 5) is 29.5. The molecule has 0 unspecified atom stereocenters. The predicted molar refractivity (Wildman–Crippen MR) is 165 cm³/mol. The number of carboxylic acids is 1. The fraction of sp³-hybridized carbons (Fsp3) is 0.206. The second-order valence-corrected chi connectivity index (χ2v) is 10.8. The number of amides is 1. The summed E-state index contributed by atoms with van der Waals surface area (Å²) in [5, 5.41) is 14.0. The Hall–Kier alpha value is -4.89. The van der Waals surface area contributed by atoms with E-state index in [0.717, 1.165) is 33.7 Å². The monoisotopic (exact) mass is 596 g/mol. The van der Waals surface area contributed by atoms with Crippen molar-refractivity contribution in [3.63, 3.8) is 0 Å². The maximum atomic E-state index is 13.1. The van der Waals surface area contributed by atoms with Gasteiger partial charge in [-0.2, -0.15) is 0 Å². The highest BCUT2D eigenvalue weighted by molar-refractivity contribution is 7.12. The Balaban J connectivity index is 1.22. The molecule has 0 saturated heterocycles. The van der Waals surface area contributed by atoms with Crippen LogP contribution in [0.4, 0.5) is 0 Å². The van der Waals surface area contributed by atoms with E-state index in [1.165, 1.54) is 11.3 Å². The van der Waals surface area contributed by atoms with Gasteiger partial charge in [-0.1, -0.05) is 54.6 Å². The number of hydrogen-bond acceptors (Lipinski definition) is 7. The number of aryl methyl sites for hydroxylation is 2. The average molecular weight is 597 g/mol. The van der Waals surface area contributed by atoms with Crippen LogP contribution in [0, 0.1) is 6.92 Å². The molecule has 0 aliphatic rings. The minimum Gasteiger partial charge on any atom is -0.493 e. The first kappa shape index (κ1) is 29.6. The fourth-order valence-electron chi connectivity index (χ4n) is 4.54. The standard InChI is InChI=1S/C34H32N2O6S/c1-23-29(36-34(42-23)26-10-6-3-7-11-26)16-18-40-28-14-12-25(13-15-31(37)38)27(20-28)21-35-33(39)32-30(17-19-43-32)41-22-24-8-4-2-5-9-24/h2-12,14,17,19-20H,13,15-16,18,21-22H2,1H3,(H,35,39)(H,37,38).